The fraction of sp³-hybridized carbons (Fsp3) is 0.381. The number of anilines is 1. The SMILES string of the molecule is COc1ccc(OC)c(N(CC(=O)NC(C)COc2ccccc2C)S(C)(=O)=O)c1. The van der Waals surface area contributed by atoms with Crippen molar-refractivity contribution in [2.75, 3.05) is 37.9 Å². The molecular formula is C21H28N2O6S. The van der Waals surface area contributed by atoms with Crippen LogP contribution in [0.1, 0.15) is 12.5 Å². The summed E-state index contributed by atoms with van der Waals surface area (Å²) in [6.45, 7) is 3.56. The second-order valence-corrected chi connectivity index (χ2v) is 8.76. The van der Waals surface area contributed by atoms with E-state index in [9.17, 15) is 13.2 Å². The van der Waals surface area contributed by atoms with Crippen molar-refractivity contribution in [2.45, 2.75) is 19.9 Å². The molecule has 8 nitrogen and oxygen atoms in total. The Labute approximate surface area is 177 Å². The largest absolute Gasteiger partial charge is 0.497 e. The van der Waals surface area contributed by atoms with Crippen molar-refractivity contribution >= 4 is 21.6 Å². The zero-order valence-electron chi connectivity index (χ0n) is 17.8. The number of amides is 1. The fourth-order valence-corrected chi connectivity index (χ4v) is 3.65. The zero-order chi connectivity index (χ0) is 22.3. The van der Waals surface area contributed by atoms with Crippen LogP contribution in [0, 0.1) is 6.92 Å². The van der Waals surface area contributed by atoms with Gasteiger partial charge in [0.15, 0.2) is 0 Å². The van der Waals surface area contributed by atoms with Crippen LogP contribution in [0.25, 0.3) is 0 Å². The Morgan fingerprint density at radius 3 is 2.40 bits per heavy atom. The molecule has 164 valence electrons. The lowest BCUT2D eigenvalue weighted by Gasteiger charge is -2.25. The van der Waals surface area contributed by atoms with E-state index in [1.54, 1.807) is 19.1 Å². The highest BCUT2D eigenvalue weighted by molar-refractivity contribution is 7.92. The van der Waals surface area contributed by atoms with E-state index in [0.717, 1.165) is 21.9 Å². The third kappa shape index (κ3) is 6.28. The van der Waals surface area contributed by atoms with Crippen molar-refractivity contribution in [3.05, 3.63) is 48.0 Å². The molecule has 2 rings (SSSR count). The molecule has 0 spiro atoms. The predicted octanol–water partition coefficient (Wildman–Crippen LogP) is 2.36. The van der Waals surface area contributed by atoms with Gasteiger partial charge in [0.2, 0.25) is 15.9 Å². The van der Waals surface area contributed by atoms with Crippen molar-refractivity contribution in [3.63, 3.8) is 0 Å². The Kier molecular flexibility index (Phi) is 7.93. The van der Waals surface area contributed by atoms with Gasteiger partial charge in [-0.05, 0) is 37.6 Å². The Balaban J connectivity index is 2.10. The highest BCUT2D eigenvalue weighted by Crippen LogP contribution is 2.33. The van der Waals surface area contributed by atoms with E-state index in [2.05, 4.69) is 5.32 Å². The number of nitrogens with zero attached hydrogens (tertiary/aromatic N) is 1. The number of sulfonamides is 1. The molecule has 0 aliphatic rings. The van der Waals surface area contributed by atoms with Crippen LogP contribution in [-0.2, 0) is 14.8 Å². The maximum atomic E-state index is 12.6. The number of benzene rings is 2. The lowest BCUT2D eigenvalue weighted by atomic mass is 10.2. The molecule has 1 atom stereocenters. The second kappa shape index (κ2) is 10.2. The van der Waals surface area contributed by atoms with Crippen LogP contribution >= 0.6 is 0 Å². The minimum atomic E-state index is -3.76. The van der Waals surface area contributed by atoms with Crippen molar-refractivity contribution in [2.24, 2.45) is 0 Å². The molecule has 9 heteroatoms. The molecule has 0 aliphatic heterocycles. The summed E-state index contributed by atoms with van der Waals surface area (Å²) in [5.41, 5.74) is 1.21. The first kappa shape index (κ1) is 23.3. The molecule has 1 N–H and O–H groups in total. The summed E-state index contributed by atoms with van der Waals surface area (Å²) in [6, 6.07) is 12.0. The molecule has 0 bridgehead atoms. The van der Waals surface area contributed by atoms with Gasteiger partial charge in [0.05, 0.1) is 32.2 Å². The minimum Gasteiger partial charge on any atom is -0.497 e. The number of carbonyl (C=O) groups is 1. The van der Waals surface area contributed by atoms with E-state index >= 15 is 0 Å². The topological polar surface area (TPSA) is 94.2 Å². The van der Waals surface area contributed by atoms with Gasteiger partial charge in [0.25, 0.3) is 0 Å². The number of aryl methyl sites for hydroxylation is 1. The average Bonchev–Trinajstić information content (AvgIpc) is 2.70. The number of ether oxygens (including phenoxy) is 3. The number of methoxy groups -OCH3 is 2. The van der Waals surface area contributed by atoms with Crippen molar-refractivity contribution < 1.29 is 27.4 Å². The van der Waals surface area contributed by atoms with Gasteiger partial charge in [0, 0.05) is 6.07 Å². The minimum absolute atomic E-state index is 0.221. The first-order valence-corrected chi connectivity index (χ1v) is 11.2. The number of hydrogen-bond donors (Lipinski definition) is 1. The van der Waals surface area contributed by atoms with Crippen molar-refractivity contribution in [1.29, 1.82) is 0 Å². The molecule has 0 heterocycles. The molecule has 0 fully saturated rings. The summed E-state index contributed by atoms with van der Waals surface area (Å²) < 4.78 is 42.0. The summed E-state index contributed by atoms with van der Waals surface area (Å²) in [7, 11) is -0.863. The quantitative estimate of drug-likeness (QED) is 0.615. The molecule has 0 aliphatic carbocycles. The maximum absolute atomic E-state index is 12.6. The molecule has 0 aromatic heterocycles. The van der Waals surface area contributed by atoms with Gasteiger partial charge >= 0.3 is 0 Å². The summed E-state index contributed by atoms with van der Waals surface area (Å²) in [5.74, 6) is 1.02. The van der Waals surface area contributed by atoms with Crippen LogP contribution < -0.4 is 23.8 Å². The van der Waals surface area contributed by atoms with Crippen LogP contribution in [0.4, 0.5) is 5.69 Å². The number of hydrogen-bond acceptors (Lipinski definition) is 6. The zero-order valence-corrected chi connectivity index (χ0v) is 18.7. The maximum Gasteiger partial charge on any atom is 0.241 e. The summed E-state index contributed by atoms with van der Waals surface area (Å²) in [6.07, 6.45) is 1.03. The van der Waals surface area contributed by atoms with Crippen LogP contribution in [0.5, 0.6) is 17.2 Å². The molecule has 30 heavy (non-hydrogen) atoms. The molecular weight excluding hydrogens is 408 g/mol. The number of rotatable bonds is 10. The summed E-state index contributed by atoms with van der Waals surface area (Å²) in [4.78, 5) is 12.6. The average molecular weight is 437 g/mol. The molecule has 0 saturated carbocycles. The Morgan fingerprint density at radius 2 is 1.80 bits per heavy atom. The van der Waals surface area contributed by atoms with Gasteiger partial charge < -0.3 is 19.5 Å². The van der Waals surface area contributed by atoms with Gasteiger partial charge in [-0.2, -0.15) is 0 Å². The second-order valence-electron chi connectivity index (χ2n) is 6.85. The van der Waals surface area contributed by atoms with Crippen LogP contribution in [0.15, 0.2) is 42.5 Å². The molecule has 1 amide bonds. The molecule has 0 saturated heterocycles. The summed E-state index contributed by atoms with van der Waals surface area (Å²) in [5, 5.41) is 2.77. The van der Waals surface area contributed by atoms with E-state index < -0.39 is 22.5 Å². The van der Waals surface area contributed by atoms with Gasteiger partial charge in [-0.3, -0.25) is 9.10 Å². The molecule has 0 radical (unpaired) electrons. The lowest BCUT2D eigenvalue weighted by molar-refractivity contribution is -0.120. The van der Waals surface area contributed by atoms with Gasteiger partial charge in [-0.25, -0.2) is 8.42 Å². The number of nitrogens with one attached hydrogen (secondary N) is 1. The Morgan fingerprint density at radius 1 is 1.10 bits per heavy atom. The fourth-order valence-electron chi connectivity index (χ4n) is 2.80. The first-order chi connectivity index (χ1) is 14.2. The van der Waals surface area contributed by atoms with Gasteiger partial charge in [0.1, 0.15) is 30.4 Å². The third-order valence-corrected chi connectivity index (χ3v) is 5.46. The van der Waals surface area contributed by atoms with Gasteiger partial charge in [-0.15, -0.1) is 0 Å². The Bertz CT molecular complexity index is 977. The van der Waals surface area contributed by atoms with Crippen LogP contribution in [0.3, 0.4) is 0 Å². The van der Waals surface area contributed by atoms with E-state index in [0.29, 0.717) is 11.5 Å². The highest BCUT2D eigenvalue weighted by atomic mass is 32.2. The first-order valence-electron chi connectivity index (χ1n) is 9.33. The lowest BCUT2D eigenvalue weighted by Crippen LogP contribution is -2.45. The van der Waals surface area contributed by atoms with E-state index in [-0.39, 0.29) is 18.3 Å². The van der Waals surface area contributed by atoms with E-state index in [1.807, 2.05) is 31.2 Å². The van der Waals surface area contributed by atoms with Crippen LogP contribution in [-0.4, -0.2) is 54.0 Å². The third-order valence-electron chi connectivity index (χ3n) is 4.33. The normalized spacial score (nSPS) is 12.0. The summed E-state index contributed by atoms with van der Waals surface area (Å²) >= 11 is 0. The standard InChI is InChI=1S/C21H28N2O6S/c1-15-8-6-7-9-19(15)29-14-16(2)22-21(24)13-23(30(5,25)26)18-12-17(27-3)10-11-20(18)28-4/h6-12,16H,13-14H2,1-5H3,(H,22,24). The highest BCUT2D eigenvalue weighted by Gasteiger charge is 2.25. The van der Waals surface area contributed by atoms with Crippen molar-refractivity contribution in [1.82, 2.24) is 5.32 Å². The molecule has 2 aromatic rings. The van der Waals surface area contributed by atoms with Crippen LogP contribution in [0.2, 0.25) is 0 Å². The van der Waals surface area contributed by atoms with E-state index in [1.165, 1.54) is 20.3 Å². The van der Waals surface area contributed by atoms with E-state index in [4.69, 9.17) is 14.2 Å². The smallest absolute Gasteiger partial charge is 0.241 e. The van der Waals surface area contributed by atoms with Crippen molar-refractivity contribution in [3.8, 4) is 17.2 Å². The van der Waals surface area contributed by atoms with Gasteiger partial charge in [-0.1, -0.05) is 18.2 Å². The number of para-hydroxylation sites is 1. The Hall–Kier alpha value is -2.94. The predicted molar refractivity (Wildman–Crippen MR) is 116 cm³/mol. The number of carbonyl (C=O) groups excluding carboxylic acids is 1. The molecule has 2 aromatic carbocycles. The molecule has 1 unspecified atom stereocenters. The monoisotopic (exact) mass is 436 g/mol.